The van der Waals surface area contributed by atoms with Crippen LogP contribution in [0.15, 0.2) is 53.5 Å². The summed E-state index contributed by atoms with van der Waals surface area (Å²) in [5, 5.41) is 10.3. The number of nitrogens with zero attached hydrogens (tertiary/aromatic N) is 2. The average molecular weight is 312 g/mol. The van der Waals surface area contributed by atoms with Gasteiger partial charge in [-0.2, -0.15) is 0 Å². The van der Waals surface area contributed by atoms with E-state index in [1.54, 1.807) is 30.3 Å². The Balaban J connectivity index is 1.87. The van der Waals surface area contributed by atoms with Gasteiger partial charge < -0.3 is 14.6 Å². The fourth-order valence-electron chi connectivity index (χ4n) is 3.11. The number of amides is 1. The highest BCUT2D eigenvalue weighted by molar-refractivity contribution is 5.94. The lowest BCUT2D eigenvalue weighted by molar-refractivity contribution is 0.0638. The van der Waals surface area contributed by atoms with E-state index in [2.05, 4.69) is 0 Å². The molecule has 0 bridgehead atoms. The van der Waals surface area contributed by atoms with Gasteiger partial charge in [0.1, 0.15) is 5.56 Å². The van der Waals surface area contributed by atoms with Crippen LogP contribution in [0.4, 0.5) is 0 Å². The van der Waals surface area contributed by atoms with Gasteiger partial charge in [0.25, 0.3) is 11.5 Å². The Bertz CT molecular complexity index is 754. The number of rotatable bonds is 3. The lowest BCUT2D eigenvalue weighted by atomic mass is 10.0. The van der Waals surface area contributed by atoms with Crippen molar-refractivity contribution < 1.29 is 9.90 Å². The minimum absolute atomic E-state index is 0.155. The Kier molecular flexibility index (Phi) is 4.30. The minimum atomic E-state index is -0.563. The third-order valence-corrected chi connectivity index (χ3v) is 4.41. The minimum Gasteiger partial charge on any atom is -0.391 e. The van der Waals surface area contributed by atoms with Gasteiger partial charge >= 0.3 is 0 Å². The molecule has 1 aromatic carbocycles. The zero-order valence-corrected chi connectivity index (χ0v) is 13.1. The van der Waals surface area contributed by atoms with E-state index in [1.165, 1.54) is 4.57 Å². The van der Waals surface area contributed by atoms with E-state index in [1.807, 2.05) is 30.3 Å². The summed E-state index contributed by atoms with van der Waals surface area (Å²) in [5.41, 5.74) is 0.914. The molecule has 0 saturated carbocycles. The van der Waals surface area contributed by atoms with E-state index in [9.17, 15) is 14.7 Å². The Morgan fingerprint density at radius 1 is 1.22 bits per heavy atom. The van der Waals surface area contributed by atoms with Crippen molar-refractivity contribution in [2.75, 3.05) is 6.54 Å². The number of hydrogen-bond acceptors (Lipinski definition) is 3. The van der Waals surface area contributed by atoms with Crippen LogP contribution in [0.1, 0.15) is 22.3 Å². The topological polar surface area (TPSA) is 62.5 Å². The third kappa shape index (κ3) is 3.05. The van der Waals surface area contributed by atoms with Crippen molar-refractivity contribution in [3.8, 4) is 0 Å². The maximum absolute atomic E-state index is 12.8. The molecular formula is C18H20N2O3. The second-order valence-corrected chi connectivity index (χ2v) is 5.95. The predicted octanol–water partition coefficient (Wildman–Crippen LogP) is 1.20. The number of hydrogen-bond donors (Lipinski definition) is 1. The number of likely N-dealkylation sites (tertiary alicyclic amines) is 1. The monoisotopic (exact) mass is 312 g/mol. The van der Waals surface area contributed by atoms with Gasteiger partial charge in [-0.25, -0.2) is 0 Å². The van der Waals surface area contributed by atoms with Gasteiger partial charge in [0.2, 0.25) is 0 Å². The zero-order chi connectivity index (χ0) is 16.4. The Hall–Kier alpha value is -2.40. The number of aliphatic hydroxyl groups is 1. The molecular weight excluding hydrogens is 292 g/mol. The molecule has 2 atom stereocenters. The summed E-state index contributed by atoms with van der Waals surface area (Å²) in [5.74, 6) is -0.302. The highest BCUT2D eigenvalue weighted by Crippen LogP contribution is 2.23. The molecule has 23 heavy (non-hydrogen) atoms. The lowest BCUT2D eigenvalue weighted by Crippen LogP contribution is -2.43. The Morgan fingerprint density at radius 2 is 1.96 bits per heavy atom. The van der Waals surface area contributed by atoms with Crippen LogP contribution in [0.2, 0.25) is 0 Å². The van der Waals surface area contributed by atoms with E-state index >= 15 is 0 Å². The Labute approximate surface area is 134 Å². The van der Waals surface area contributed by atoms with Crippen LogP contribution in [0, 0.1) is 0 Å². The normalized spacial score (nSPS) is 20.7. The second-order valence-electron chi connectivity index (χ2n) is 5.95. The van der Waals surface area contributed by atoms with Gasteiger partial charge in [0, 0.05) is 19.8 Å². The summed E-state index contributed by atoms with van der Waals surface area (Å²) in [6.07, 6.45) is 2.18. The molecule has 2 heterocycles. The average Bonchev–Trinajstić information content (AvgIpc) is 2.91. The van der Waals surface area contributed by atoms with E-state index in [4.69, 9.17) is 0 Å². The molecule has 1 aliphatic heterocycles. The van der Waals surface area contributed by atoms with Gasteiger partial charge in [0.05, 0.1) is 12.1 Å². The number of carbonyl (C=O) groups is 1. The number of aryl methyl sites for hydroxylation is 1. The number of carbonyl (C=O) groups excluding carboxylic acids is 1. The van der Waals surface area contributed by atoms with Crippen molar-refractivity contribution in [3.05, 3.63) is 70.1 Å². The zero-order valence-electron chi connectivity index (χ0n) is 13.1. The van der Waals surface area contributed by atoms with Gasteiger partial charge in [-0.3, -0.25) is 9.59 Å². The van der Waals surface area contributed by atoms with E-state index in [0.717, 1.165) is 5.56 Å². The third-order valence-electron chi connectivity index (χ3n) is 4.41. The molecule has 1 saturated heterocycles. The van der Waals surface area contributed by atoms with Gasteiger partial charge in [-0.15, -0.1) is 0 Å². The molecule has 1 fully saturated rings. The van der Waals surface area contributed by atoms with Gasteiger partial charge in [-0.1, -0.05) is 30.3 Å². The van der Waals surface area contributed by atoms with Crippen LogP contribution >= 0.6 is 0 Å². The first-order valence-corrected chi connectivity index (χ1v) is 7.76. The van der Waals surface area contributed by atoms with E-state index in [0.29, 0.717) is 19.4 Å². The highest BCUT2D eigenvalue weighted by atomic mass is 16.3. The first-order valence-electron chi connectivity index (χ1n) is 7.76. The highest BCUT2D eigenvalue weighted by Gasteiger charge is 2.37. The summed E-state index contributed by atoms with van der Waals surface area (Å²) in [4.78, 5) is 26.6. The molecule has 120 valence electrons. The first-order chi connectivity index (χ1) is 11.1. The van der Waals surface area contributed by atoms with Crippen molar-refractivity contribution in [2.24, 2.45) is 7.05 Å². The van der Waals surface area contributed by atoms with Crippen LogP contribution in [0.3, 0.4) is 0 Å². The van der Waals surface area contributed by atoms with Gasteiger partial charge in [-0.05, 0) is 30.5 Å². The van der Waals surface area contributed by atoms with Crippen LogP contribution in [-0.2, 0) is 13.5 Å². The molecule has 0 aliphatic carbocycles. The standard InChI is InChI=1S/C18H20N2O3/c1-19-10-5-8-14(17(19)22)18(23)20-11-9-16(21)15(20)12-13-6-3-2-4-7-13/h2-8,10,15-16,21H,9,11-12H2,1H3/t15-,16-/m0/s1. The fourth-order valence-corrected chi connectivity index (χ4v) is 3.11. The number of pyridine rings is 1. The number of aliphatic hydroxyl groups excluding tert-OH is 1. The molecule has 0 spiro atoms. The molecule has 5 nitrogen and oxygen atoms in total. The largest absolute Gasteiger partial charge is 0.391 e. The quantitative estimate of drug-likeness (QED) is 0.926. The predicted molar refractivity (Wildman–Crippen MR) is 87.3 cm³/mol. The molecule has 1 N–H and O–H groups in total. The molecule has 1 aliphatic rings. The SMILES string of the molecule is Cn1cccc(C(=O)N2CC[C@H](O)[C@@H]2Cc2ccccc2)c1=O. The summed E-state index contributed by atoms with van der Waals surface area (Å²) in [7, 11) is 1.62. The molecule has 1 aromatic heterocycles. The summed E-state index contributed by atoms with van der Waals surface area (Å²) >= 11 is 0. The summed E-state index contributed by atoms with van der Waals surface area (Å²) < 4.78 is 1.39. The van der Waals surface area contributed by atoms with Crippen LogP contribution in [-0.4, -0.2) is 39.2 Å². The van der Waals surface area contributed by atoms with Crippen molar-refractivity contribution in [1.82, 2.24) is 9.47 Å². The van der Waals surface area contributed by atoms with Crippen molar-refractivity contribution >= 4 is 5.91 Å². The molecule has 1 amide bonds. The number of benzene rings is 1. The van der Waals surface area contributed by atoms with Crippen LogP contribution < -0.4 is 5.56 Å². The fraction of sp³-hybridized carbons (Fsp3) is 0.333. The van der Waals surface area contributed by atoms with Crippen LogP contribution in [0.25, 0.3) is 0 Å². The van der Waals surface area contributed by atoms with E-state index in [-0.39, 0.29) is 23.1 Å². The van der Waals surface area contributed by atoms with Crippen molar-refractivity contribution in [2.45, 2.75) is 25.0 Å². The molecule has 2 aromatic rings. The molecule has 3 rings (SSSR count). The molecule has 0 unspecified atom stereocenters. The van der Waals surface area contributed by atoms with E-state index < -0.39 is 6.10 Å². The van der Waals surface area contributed by atoms with Crippen molar-refractivity contribution in [1.29, 1.82) is 0 Å². The second kappa shape index (κ2) is 6.38. The first kappa shape index (κ1) is 15.5. The summed E-state index contributed by atoms with van der Waals surface area (Å²) in [6.45, 7) is 0.468. The van der Waals surface area contributed by atoms with Gasteiger partial charge in [0.15, 0.2) is 0 Å². The lowest BCUT2D eigenvalue weighted by Gasteiger charge is -2.26. The summed E-state index contributed by atoms with van der Waals surface area (Å²) in [6, 6.07) is 12.7. The maximum Gasteiger partial charge on any atom is 0.263 e. The molecule has 0 radical (unpaired) electrons. The Morgan fingerprint density at radius 3 is 2.70 bits per heavy atom. The molecule has 5 heteroatoms. The smallest absolute Gasteiger partial charge is 0.263 e. The van der Waals surface area contributed by atoms with Crippen molar-refractivity contribution in [3.63, 3.8) is 0 Å². The van der Waals surface area contributed by atoms with Crippen LogP contribution in [0.5, 0.6) is 0 Å². The number of aromatic nitrogens is 1. The maximum atomic E-state index is 12.8.